The molecule has 0 bridgehead atoms. The highest BCUT2D eigenvalue weighted by Crippen LogP contribution is 2.22. The van der Waals surface area contributed by atoms with Gasteiger partial charge in [0, 0.05) is 0 Å². The van der Waals surface area contributed by atoms with Crippen LogP contribution in [0.1, 0.15) is 5.56 Å². The first-order valence-electron chi connectivity index (χ1n) is 5.05. The van der Waals surface area contributed by atoms with Gasteiger partial charge >= 0.3 is 0 Å². The molecule has 0 atom stereocenters. The Labute approximate surface area is 104 Å². The van der Waals surface area contributed by atoms with E-state index in [1.807, 2.05) is 25.1 Å². The highest BCUT2D eigenvalue weighted by atomic mass is 35.5. The third-order valence-electron chi connectivity index (χ3n) is 2.31. The van der Waals surface area contributed by atoms with Crippen molar-refractivity contribution in [3.05, 3.63) is 36.4 Å². The Kier molecular flexibility index (Phi) is 3.39. The van der Waals surface area contributed by atoms with Gasteiger partial charge in [-0.1, -0.05) is 6.07 Å². The molecule has 0 unspecified atom stereocenters. The number of aryl methyl sites for hydroxylation is 1. The molecule has 0 saturated carbocycles. The lowest BCUT2D eigenvalue weighted by atomic mass is 10.2. The van der Waals surface area contributed by atoms with Gasteiger partial charge in [0.2, 0.25) is 0 Å². The van der Waals surface area contributed by atoms with E-state index in [0.29, 0.717) is 5.84 Å². The van der Waals surface area contributed by atoms with Crippen LogP contribution in [0, 0.1) is 6.92 Å². The first-order chi connectivity index (χ1) is 8.20. The molecule has 1 heterocycles. The second kappa shape index (κ2) is 4.97. The van der Waals surface area contributed by atoms with E-state index in [1.54, 1.807) is 17.2 Å². The first kappa shape index (κ1) is 11.6. The highest BCUT2D eigenvalue weighted by Gasteiger charge is 2.02. The lowest BCUT2D eigenvalue weighted by Gasteiger charge is -2.06. The van der Waals surface area contributed by atoms with Crippen LogP contribution in [0.5, 0.6) is 0 Å². The number of nitrogens with two attached hydrogens (primary N) is 1. The van der Waals surface area contributed by atoms with Crippen LogP contribution in [0.3, 0.4) is 0 Å². The van der Waals surface area contributed by atoms with Gasteiger partial charge in [0.1, 0.15) is 18.5 Å². The summed E-state index contributed by atoms with van der Waals surface area (Å²) in [5.41, 5.74) is 8.40. The van der Waals surface area contributed by atoms with Crippen LogP contribution >= 0.6 is 11.6 Å². The first-order valence-corrected chi connectivity index (χ1v) is 5.59. The molecule has 1 aromatic carbocycles. The number of nitrogens with zero attached hydrogens (tertiary/aromatic N) is 4. The maximum absolute atomic E-state index is 5.63. The summed E-state index contributed by atoms with van der Waals surface area (Å²) in [6.45, 7) is 1.97. The quantitative estimate of drug-likeness (QED) is 0.512. The number of rotatable bonds is 3. The number of benzene rings is 1. The molecule has 0 fully saturated rings. The van der Waals surface area contributed by atoms with Gasteiger partial charge < -0.3 is 5.73 Å². The molecule has 0 saturated heterocycles. The van der Waals surface area contributed by atoms with Crippen molar-refractivity contribution in [1.29, 1.82) is 0 Å². The zero-order chi connectivity index (χ0) is 12.3. The van der Waals surface area contributed by atoms with Crippen LogP contribution in [-0.4, -0.2) is 26.5 Å². The van der Waals surface area contributed by atoms with Crippen LogP contribution in [0.25, 0.3) is 5.69 Å². The third-order valence-corrected chi connectivity index (χ3v) is 2.58. The monoisotopic (exact) mass is 249 g/mol. The summed E-state index contributed by atoms with van der Waals surface area (Å²) in [7, 11) is 0. The number of alkyl halides is 1. The Morgan fingerprint density at radius 3 is 2.76 bits per heavy atom. The minimum Gasteiger partial charge on any atom is -0.386 e. The van der Waals surface area contributed by atoms with Crippen LogP contribution in [0.2, 0.25) is 0 Å². The number of aromatic nitrogens is 3. The maximum Gasteiger partial charge on any atom is 0.123 e. The van der Waals surface area contributed by atoms with Gasteiger partial charge in [0.05, 0.1) is 17.3 Å². The molecular formula is C11H12ClN5. The molecule has 0 aliphatic carbocycles. The van der Waals surface area contributed by atoms with Crippen LogP contribution in [-0.2, 0) is 0 Å². The Hall–Kier alpha value is -1.88. The SMILES string of the molecule is Cc1ccc(-n2cnnc2)cc1N=C(N)CCl. The fourth-order valence-electron chi connectivity index (χ4n) is 1.40. The third kappa shape index (κ3) is 2.62. The lowest BCUT2D eigenvalue weighted by Crippen LogP contribution is -2.12. The fraction of sp³-hybridized carbons (Fsp3) is 0.182. The van der Waals surface area contributed by atoms with Crippen molar-refractivity contribution in [3.8, 4) is 5.69 Å². The standard InChI is InChI=1S/C11H12ClN5/c1-8-2-3-9(17-6-14-15-7-17)4-10(8)16-11(13)5-12/h2-4,6-7H,5H2,1H3,(H2,13,16). The van der Waals surface area contributed by atoms with E-state index in [4.69, 9.17) is 17.3 Å². The average Bonchev–Trinajstić information content (AvgIpc) is 2.85. The van der Waals surface area contributed by atoms with E-state index in [2.05, 4.69) is 15.2 Å². The van der Waals surface area contributed by atoms with Crippen LogP contribution in [0.15, 0.2) is 35.8 Å². The van der Waals surface area contributed by atoms with Gasteiger partial charge in [-0.2, -0.15) is 0 Å². The average molecular weight is 250 g/mol. The number of hydrogen-bond donors (Lipinski definition) is 1. The summed E-state index contributed by atoms with van der Waals surface area (Å²) >= 11 is 5.61. The van der Waals surface area contributed by atoms with E-state index in [9.17, 15) is 0 Å². The van der Waals surface area contributed by atoms with E-state index >= 15 is 0 Å². The smallest absolute Gasteiger partial charge is 0.123 e. The molecule has 1 aromatic heterocycles. The number of amidine groups is 1. The minimum atomic E-state index is 0.219. The van der Waals surface area contributed by atoms with Gasteiger partial charge in [-0.25, -0.2) is 4.99 Å². The summed E-state index contributed by atoms with van der Waals surface area (Å²) in [6.07, 6.45) is 3.26. The van der Waals surface area contributed by atoms with Crippen molar-refractivity contribution in [2.24, 2.45) is 10.7 Å². The maximum atomic E-state index is 5.63. The number of aliphatic imine (C=N–C) groups is 1. The van der Waals surface area contributed by atoms with Crippen molar-refractivity contribution in [3.63, 3.8) is 0 Å². The van der Waals surface area contributed by atoms with Crippen molar-refractivity contribution < 1.29 is 0 Å². The predicted molar refractivity (Wildman–Crippen MR) is 68.1 cm³/mol. The summed E-state index contributed by atoms with van der Waals surface area (Å²) < 4.78 is 1.80. The molecule has 17 heavy (non-hydrogen) atoms. The van der Waals surface area contributed by atoms with E-state index in [0.717, 1.165) is 16.9 Å². The van der Waals surface area contributed by atoms with Crippen molar-refractivity contribution >= 4 is 23.1 Å². The minimum absolute atomic E-state index is 0.219. The Morgan fingerprint density at radius 1 is 1.41 bits per heavy atom. The van der Waals surface area contributed by atoms with Crippen molar-refractivity contribution in [1.82, 2.24) is 14.8 Å². The van der Waals surface area contributed by atoms with Crippen molar-refractivity contribution in [2.75, 3.05) is 5.88 Å². The zero-order valence-corrected chi connectivity index (χ0v) is 10.1. The second-order valence-electron chi connectivity index (χ2n) is 3.58. The zero-order valence-electron chi connectivity index (χ0n) is 9.34. The molecule has 0 spiro atoms. The molecule has 0 aliphatic rings. The Balaban J connectivity index is 2.43. The summed E-state index contributed by atoms with van der Waals surface area (Å²) in [4.78, 5) is 4.26. The van der Waals surface area contributed by atoms with Gasteiger partial charge in [0.15, 0.2) is 0 Å². The molecular weight excluding hydrogens is 238 g/mol. The molecule has 0 radical (unpaired) electrons. The van der Waals surface area contributed by atoms with Crippen LogP contribution in [0.4, 0.5) is 5.69 Å². The molecule has 88 valence electrons. The molecule has 0 aliphatic heterocycles. The summed E-state index contributed by atoms with van der Waals surface area (Å²) in [5.74, 6) is 0.617. The van der Waals surface area contributed by atoms with Gasteiger partial charge in [-0.3, -0.25) is 4.57 Å². The van der Waals surface area contributed by atoms with Gasteiger partial charge in [-0.15, -0.1) is 21.8 Å². The molecule has 2 N–H and O–H groups in total. The molecule has 2 rings (SSSR count). The van der Waals surface area contributed by atoms with Gasteiger partial charge in [0.25, 0.3) is 0 Å². The molecule has 0 amide bonds. The number of hydrogen-bond acceptors (Lipinski definition) is 3. The Morgan fingerprint density at radius 2 is 2.12 bits per heavy atom. The predicted octanol–water partition coefficient (Wildman–Crippen LogP) is 1.80. The van der Waals surface area contributed by atoms with Gasteiger partial charge in [-0.05, 0) is 24.6 Å². The summed E-state index contributed by atoms with van der Waals surface area (Å²) in [6, 6.07) is 5.85. The molecule has 2 aromatic rings. The Bertz CT molecular complexity index is 533. The normalized spacial score (nSPS) is 11.8. The van der Waals surface area contributed by atoms with E-state index < -0.39 is 0 Å². The summed E-state index contributed by atoms with van der Waals surface area (Å²) in [5, 5.41) is 7.52. The number of halogens is 1. The van der Waals surface area contributed by atoms with Crippen molar-refractivity contribution in [2.45, 2.75) is 6.92 Å². The molecule has 5 nitrogen and oxygen atoms in total. The van der Waals surface area contributed by atoms with E-state index in [1.165, 1.54) is 0 Å². The highest BCUT2D eigenvalue weighted by molar-refractivity contribution is 6.28. The van der Waals surface area contributed by atoms with E-state index in [-0.39, 0.29) is 5.88 Å². The fourth-order valence-corrected chi connectivity index (χ4v) is 1.46. The topological polar surface area (TPSA) is 69.1 Å². The lowest BCUT2D eigenvalue weighted by molar-refractivity contribution is 1.05. The van der Waals surface area contributed by atoms with Crippen LogP contribution < -0.4 is 5.73 Å². The molecule has 6 heteroatoms. The largest absolute Gasteiger partial charge is 0.386 e. The second-order valence-corrected chi connectivity index (χ2v) is 3.84.